The Balaban J connectivity index is 1.97. The Labute approximate surface area is 105 Å². The van der Waals surface area contributed by atoms with Gasteiger partial charge in [0.15, 0.2) is 0 Å². The van der Waals surface area contributed by atoms with Crippen LogP contribution in [0.2, 0.25) is 0 Å². The van der Waals surface area contributed by atoms with E-state index in [0.717, 1.165) is 19.0 Å². The minimum Gasteiger partial charge on any atom is -0.311 e. The van der Waals surface area contributed by atoms with Gasteiger partial charge in [-0.05, 0) is 24.9 Å². The molecule has 1 aromatic rings. The van der Waals surface area contributed by atoms with Crippen LogP contribution in [0.3, 0.4) is 0 Å². The number of hydrogen-bond acceptors (Lipinski definition) is 2. The molecular weight excluding hydrogens is 208 g/mol. The van der Waals surface area contributed by atoms with Gasteiger partial charge in [-0.1, -0.05) is 44.2 Å². The quantitative estimate of drug-likeness (QED) is 0.862. The molecule has 17 heavy (non-hydrogen) atoms. The van der Waals surface area contributed by atoms with E-state index in [4.69, 9.17) is 0 Å². The number of nitrogens with zero attached hydrogens (tertiary/aromatic N) is 1. The SMILES string of the molecule is CC(C)CC1CN(C)C(c2ccccc2)CN1. The molecule has 1 aliphatic heterocycles. The summed E-state index contributed by atoms with van der Waals surface area (Å²) < 4.78 is 0. The normalized spacial score (nSPS) is 26.4. The van der Waals surface area contributed by atoms with E-state index in [2.05, 4.69) is 61.4 Å². The van der Waals surface area contributed by atoms with Crippen LogP contribution in [-0.4, -0.2) is 31.1 Å². The van der Waals surface area contributed by atoms with Gasteiger partial charge in [0, 0.05) is 25.2 Å². The van der Waals surface area contributed by atoms with Gasteiger partial charge in [0.25, 0.3) is 0 Å². The maximum atomic E-state index is 3.69. The van der Waals surface area contributed by atoms with Gasteiger partial charge in [0.05, 0.1) is 0 Å². The van der Waals surface area contributed by atoms with Gasteiger partial charge in [-0.3, -0.25) is 4.90 Å². The Morgan fingerprint density at radius 3 is 2.59 bits per heavy atom. The molecule has 1 saturated heterocycles. The summed E-state index contributed by atoms with van der Waals surface area (Å²) in [6.45, 7) is 6.81. The first-order valence-corrected chi connectivity index (χ1v) is 6.65. The van der Waals surface area contributed by atoms with Crippen LogP contribution in [0.1, 0.15) is 31.9 Å². The molecule has 0 aromatic heterocycles. The maximum Gasteiger partial charge on any atom is 0.0470 e. The number of piperazine rings is 1. The lowest BCUT2D eigenvalue weighted by molar-refractivity contribution is 0.153. The highest BCUT2D eigenvalue weighted by Crippen LogP contribution is 2.23. The molecule has 1 N–H and O–H groups in total. The zero-order valence-electron chi connectivity index (χ0n) is 11.2. The second-order valence-electron chi connectivity index (χ2n) is 5.60. The molecule has 0 aliphatic carbocycles. The first kappa shape index (κ1) is 12.6. The molecule has 2 rings (SSSR count). The van der Waals surface area contributed by atoms with Crippen molar-refractivity contribution in [3.8, 4) is 0 Å². The molecule has 0 bridgehead atoms. The number of hydrogen-bond donors (Lipinski definition) is 1. The van der Waals surface area contributed by atoms with Crippen molar-refractivity contribution in [2.75, 3.05) is 20.1 Å². The largest absolute Gasteiger partial charge is 0.311 e. The summed E-state index contributed by atoms with van der Waals surface area (Å²) in [5.41, 5.74) is 1.42. The number of rotatable bonds is 3. The van der Waals surface area contributed by atoms with Crippen LogP contribution in [0, 0.1) is 5.92 Å². The zero-order chi connectivity index (χ0) is 12.3. The predicted molar refractivity (Wildman–Crippen MR) is 73.1 cm³/mol. The Morgan fingerprint density at radius 2 is 2.00 bits per heavy atom. The fourth-order valence-electron chi connectivity index (χ4n) is 2.75. The van der Waals surface area contributed by atoms with E-state index in [-0.39, 0.29) is 0 Å². The van der Waals surface area contributed by atoms with Crippen LogP contribution in [-0.2, 0) is 0 Å². The first-order chi connectivity index (χ1) is 8.16. The molecule has 2 unspecified atom stereocenters. The molecule has 1 fully saturated rings. The van der Waals surface area contributed by atoms with Gasteiger partial charge in [0.1, 0.15) is 0 Å². The molecule has 2 atom stereocenters. The molecule has 2 heteroatoms. The van der Waals surface area contributed by atoms with Crippen LogP contribution >= 0.6 is 0 Å². The van der Waals surface area contributed by atoms with Crippen LogP contribution < -0.4 is 5.32 Å². The van der Waals surface area contributed by atoms with Crippen molar-refractivity contribution in [1.29, 1.82) is 0 Å². The van der Waals surface area contributed by atoms with Gasteiger partial charge in [0.2, 0.25) is 0 Å². The lowest BCUT2D eigenvalue weighted by Gasteiger charge is -2.39. The fourth-order valence-corrected chi connectivity index (χ4v) is 2.75. The van der Waals surface area contributed by atoms with Crippen LogP contribution in [0.4, 0.5) is 0 Å². The molecule has 0 amide bonds. The van der Waals surface area contributed by atoms with E-state index in [9.17, 15) is 0 Å². The lowest BCUT2D eigenvalue weighted by Crippen LogP contribution is -2.51. The highest BCUT2D eigenvalue weighted by molar-refractivity contribution is 5.20. The van der Waals surface area contributed by atoms with E-state index < -0.39 is 0 Å². The number of likely N-dealkylation sites (N-methyl/N-ethyl adjacent to an activating group) is 1. The van der Waals surface area contributed by atoms with Crippen molar-refractivity contribution in [2.24, 2.45) is 5.92 Å². The molecule has 1 aliphatic rings. The highest BCUT2D eigenvalue weighted by atomic mass is 15.2. The maximum absolute atomic E-state index is 3.69. The summed E-state index contributed by atoms with van der Waals surface area (Å²) in [5, 5.41) is 3.69. The first-order valence-electron chi connectivity index (χ1n) is 6.65. The second kappa shape index (κ2) is 5.65. The summed E-state index contributed by atoms with van der Waals surface area (Å²) >= 11 is 0. The van der Waals surface area contributed by atoms with Gasteiger partial charge in [-0.25, -0.2) is 0 Å². The Kier molecular flexibility index (Phi) is 4.19. The monoisotopic (exact) mass is 232 g/mol. The van der Waals surface area contributed by atoms with E-state index in [1.54, 1.807) is 0 Å². The van der Waals surface area contributed by atoms with Crippen molar-refractivity contribution in [1.82, 2.24) is 10.2 Å². The van der Waals surface area contributed by atoms with Gasteiger partial charge < -0.3 is 5.32 Å². The Morgan fingerprint density at radius 1 is 1.29 bits per heavy atom. The highest BCUT2D eigenvalue weighted by Gasteiger charge is 2.26. The number of benzene rings is 1. The van der Waals surface area contributed by atoms with Crippen LogP contribution in [0.15, 0.2) is 30.3 Å². The topological polar surface area (TPSA) is 15.3 Å². The predicted octanol–water partition coefficient (Wildman–Crippen LogP) is 2.68. The van der Waals surface area contributed by atoms with Crippen molar-refractivity contribution >= 4 is 0 Å². The van der Waals surface area contributed by atoms with Crippen molar-refractivity contribution in [3.05, 3.63) is 35.9 Å². The average molecular weight is 232 g/mol. The molecule has 2 nitrogen and oxygen atoms in total. The minimum absolute atomic E-state index is 0.527. The third-order valence-electron chi connectivity index (χ3n) is 3.58. The minimum atomic E-state index is 0.527. The summed E-state index contributed by atoms with van der Waals surface area (Å²) in [6, 6.07) is 12.0. The average Bonchev–Trinajstić information content (AvgIpc) is 2.29. The molecule has 1 heterocycles. The third kappa shape index (κ3) is 3.30. The van der Waals surface area contributed by atoms with E-state index in [0.29, 0.717) is 12.1 Å². The molecular formula is C15H24N2. The van der Waals surface area contributed by atoms with E-state index >= 15 is 0 Å². The standard InChI is InChI=1S/C15H24N2/c1-12(2)9-14-11-17(3)15(10-16-14)13-7-5-4-6-8-13/h4-8,12,14-16H,9-11H2,1-3H3. The van der Waals surface area contributed by atoms with Crippen molar-refractivity contribution in [2.45, 2.75) is 32.4 Å². The molecule has 1 aromatic carbocycles. The summed E-state index contributed by atoms with van der Waals surface area (Å²) in [6.07, 6.45) is 1.27. The van der Waals surface area contributed by atoms with Gasteiger partial charge in [-0.15, -0.1) is 0 Å². The zero-order valence-corrected chi connectivity index (χ0v) is 11.2. The Bertz CT molecular complexity index is 334. The van der Waals surface area contributed by atoms with E-state index in [1.807, 2.05) is 0 Å². The van der Waals surface area contributed by atoms with Gasteiger partial charge >= 0.3 is 0 Å². The summed E-state index contributed by atoms with van der Waals surface area (Å²) in [4.78, 5) is 2.48. The smallest absolute Gasteiger partial charge is 0.0470 e. The Hall–Kier alpha value is -0.860. The van der Waals surface area contributed by atoms with Gasteiger partial charge in [-0.2, -0.15) is 0 Å². The molecule has 94 valence electrons. The second-order valence-corrected chi connectivity index (χ2v) is 5.60. The van der Waals surface area contributed by atoms with Crippen LogP contribution in [0.5, 0.6) is 0 Å². The summed E-state index contributed by atoms with van der Waals surface area (Å²) in [7, 11) is 2.24. The molecule has 0 radical (unpaired) electrons. The van der Waals surface area contributed by atoms with Crippen molar-refractivity contribution < 1.29 is 0 Å². The molecule has 0 spiro atoms. The third-order valence-corrected chi connectivity index (χ3v) is 3.58. The van der Waals surface area contributed by atoms with Crippen LogP contribution in [0.25, 0.3) is 0 Å². The van der Waals surface area contributed by atoms with Crippen molar-refractivity contribution in [3.63, 3.8) is 0 Å². The summed E-state index contributed by atoms with van der Waals surface area (Å²) in [5.74, 6) is 0.772. The fraction of sp³-hybridized carbons (Fsp3) is 0.600. The molecule has 0 saturated carbocycles. The lowest BCUT2D eigenvalue weighted by atomic mass is 9.97. The number of nitrogens with one attached hydrogen (secondary N) is 1. The van der Waals surface area contributed by atoms with E-state index in [1.165, 1.54) is 12.0 Å².